The smallest absolute Gasteiger partial charge is 0.337 e. The summed E-state index contributed by atoms with van der Waals surface area (Å²) in [5.41, 5.74) is 1.39. The second-order valence-corrected chi connectivity index (χ2v) is 9.05. The number of anilines is 2. The van der Waals surface area contributed by atoms with Gasteiger partial charge in [0.05, 0.1) is 35.0 Å². The Kier molecular flexibility index (Phi) is 7.34. The molecule has 172 valence electrons. The van der Waals surface area contributed by atoms with Gasteiger partial charge in [0.2, 0.25) is 15.7 Å². The molecule has 3 aromatic rings. The molecule has 0 fully saturated rings. The Hall–Kier alpha value is -3.85. The normalized spacial score (nSPS) is 11.0. The molecule has 0 aliphatic rings. The standard InChI is InChI=1S/C24H24N2O6S/c1-3-32-23-20(25-15-22(27)26-19-8-5-4-7-18(19)24(28)29)9-6-10-21(23)33(30,31)17-13-11-16(2)12-14-17/h4-14,25H,3,15H2,1-2H3,(H,26,27)(H,28,29). The summed E-state index contributed by atoms with van der Waals surface area (Å²) in [6.07, 6.45) is 0. The summed E-state index contributed by atoms with van der Waals surface area (Å²) in [4.78, 5) is 23.9. The average molecular weight is 469 g/mol. The number of carbonyl (C=O) groups is 2. The van der Waals surface area contributed by atoms with Crippen LogP contribution in [0.3, 0.4) is 0 Å². The summed E-state index contributed by atoms with van der Waals surface area (Å²) in [5, 5.41) is 14.7. The molecule has 33 heavy (non-hydrogen) atoms. The lowest BCUT2D eigenvalue weighted by Gasteiger charge is -2.17. The van der Waals surface area contributed by atoms with E-state index >= 15 is 0 Å². The number of carboxylic acids is 1. The van der Waals surface area contributed by atoms with E-state index in [-0.39, 0.29) is 39.9 Å². The Morgan fingerprint density at radius 2 is 1.61 bits per heavy atom. The summed E-state index contributed by atoms with van der Waals surface area (Å²) in [6, 6.07) is 17.2. The van der Waals surface area contributed by atoms with E-state index in [0.717, 1.165) is 5.56 Å². The summed E-state index contributed by atoms with van der Waals surface area (Å²) in [6.45, 7) is 3.58. The molecular formula is C24H24N2O6S. The van der Waals surface area contributed by atoms with Crippen LogP contribution in [0.15, 0.2) is 76.5 Å². The molecule has 0 bridgehead atoms. The minimum absolute atomic E-state index is 0.0187. The number of aromatic carboxylic acids is 1. The third kappa shape index (κ3) is 5.50. The molecule has 0 aliphatic heterocycles. The van der Waals surface area contributed by atoms with Gasteiger partial charge in [-0.1, -0.05) is 35.9 Å². The van der Waals surface area contributed by atoms with Gasteiger partial charge in [-0.3, -0.25) is 4.79 Å². The third-order valence-corrected chi connectivity index (χ3v) is 6.55. The van der Waals surface area contributed by atoms with Crippen molar-refractivity contribution in [1.82, 2.24) is 0 Å². The van der Waals surface area contributed by atoms with Crippen LogP contribution in [0, 0.1) is 6.92 Å². The molecule has 0 spiro atoms. The molecule has 1 amide bonds. The number of hydrogen-bond acceptors (Lipinski definition) is 6. The number of para-hydroxylation sites is 2. The van der Waals surface area contributed by atoms with Crippen LogP contribution in [0.5, 0.6) is 5.75 Å². The zero-order valence-corrected chi connectivity index (χ0v) is 19.0. The van der Waals surface area contributed by atoms with E-state index in [1.54, 1.807) is 43.3 Å². The van der Waals surface area contributed by atoms with E-state index in [1.165, 1.54) is 30.3 Å². The predicted molar refractivity (Wildman–Crippen MR) is 125 cm³/mol. The quantitative estimate of drug-likeness (QED) is 0.434. The second kappa shape index (κ2) is 10.2. The van der Waals surface area contributed by atoms with E-state index in [0.29, 0.717) is 5.69 Å². The van der Waals surface area contributed by atoms with Gasteiger partial charge in [-0.2, -0.15) is 0 Å². The van der Waals surface area contributed by atoms with Crippen molar-refractivity contribution in [2.24, 2.45) is 0 Å². The first-order valence-electron chi connectivity index (χ1n) is 10.2. The van der Waals surface area contributed by atoms with Crippen molar-refractivity contribution in [2.75, 3.05) is 23.8 Å². The van der Waals surface area contributed by atoms with Crippen LogP contribution >= 0.6 is 0 Å². The van der Waals surface area contributed by atoms with Crippen molar-refractivity contribution < 1.29 is 27.9 Å². The maximum atomic E-state index is 13.2. The van der Waals surface area contributed by atoms with Gasteiger partial charge in [0.15, 0.2) is 5.75 Å². The minimum atomic E-state index is -3.86. The highest BCUT2D eigenvalue weighted by atomic mass is 32.2. The molecule has 0 unspecified atom stereocenters. The van der Waals surface area contributed by atoms with Gasteiger partial charge in [0.1, 0.15) is 4.90 Å². The Morgan fingerprint density at radius 3 is 2.27 bits per heavy atom. The number of sulfone groups is 1. The monoisotopic (exact) mass is 468 g/mol. The summed E-state index contributed by atoms with van der Waals surface area (Å²) in [5.74, 6) is -1.55. The van der Waals surface area contributed by atoms with Crippen LogP contribution in [0.2, 0.25) is 0 Å². The fourth-order valence-electron chi connectivity index (χ4n) is 3.15. The summed E-state index contributed by atoms with van der Waals surface area (Å²) in [7, 11) is -3.86. The number of carbonyl (C=O) groups excluding carboxylic acids is 1. The number of ether oxygens (including phenoxy) is 1. The molecule has 3 N–H and O–H groups in total. The van der Waals surface area contributed by atoms with Crippen molar-refractivity contribution in [2.45, 2.75) is 23.6 Å². The minimum Gasteiger partial charge on any atom is -0.490 e. The average Bonchev–Trinajstić information content (AvgIpc) is 2.79. The van der Waals surface area contributed by atoms with E-state index in [2.05, 4.69) is 10.6 Å². The highest BCUT2D eigenvalue weighted by Crippen LogP contribution is 2.36. The van der Waals surface area contributed by atoms with Gasteiger partial charge in [-0.25, -0.2) is 13.2 Å². The predicted octanol–water partition coefficient (Wildman–Crippen LogP) is 3.98. The van der Waals surface area contributed by atoms with Crippen molar-refractivity contribution >= 4 is 33.1 Å². The molecule has 0 aromatic heterocycles. The number of rotatable bonds is 9. The number of hydrogen-bond donors (Lipinski definition) is 3. The fourth-order valence-corrected chi connectivity index (χ4v) is 4.57. The lowest BCUT2D eigenvalue weighted by atomic mass is 10.2. The molecule has 0 saturated heterocycles. The Balaban J connectivity index is 1.85. The number of carboxylic acid groups (broad SMARTS) is 1. The van der Waals surface area contributed by atoms with E-state index in [1.807, 2.05) is 6.92 Å². The van der Waals surface area contributed by atoms with Crippen LogP contribution < -0.4 is 15.4 Å². The van der Waals surface area contributed by atoms with Crippen LogP contribution in [0.25, 0.3) is 0 Å². The maximum Gasteiger partial charge on any atom is 0.337 e. The molecule has 8 nitrogen and oxygen atoms in total. The van der Waals surface area contributed by atoms with Crippen molar-refractivity contribution in [3.63, 3.8) is 0 Å². The molecule has 0 aliphatic carbocycles. The van der Waals surface area contributed by atoms with Gasteiger partial charge in [-0.15, -0.1) is 0 Å². The Labute approximate surface area is 192 Å². The van der Waals surface area contributed by atoms with E-state index < -0.39 is 21.7 Å². The summed E-state index contributed by atoms with van der Waals surface area (Å²) < 4.78 is 32.1. The molecular weight excluding hydrogens is 444 g/mol. The zero-order valence-electron chi connectivity index (χ0n) is 18.2. The van der Waals surface area contributed by atoms with Gasteiger partial charge in [0, 0.05) is 0 Å². The van der Waals surface area contributed by atoms with Crippen LogP contribution in [-0.4, -0.2) is 38.6 Å². The molecule has 0 atom stereocenters. The molecule has 3 aromatic carbocycles. The zero-order chi connectivity index (χ0) is 24.0. The van der Waals surface area contributed by atoms with Gasteiger partial charge < -0.3 is 20.5 Å². The molecule has 9 heteroatoms. The third-order valence-electron chi connectivity index (χ3n) is 4.76. The number of nitrogens with one attached hydrogen (secondary N) is 2. The highest BCUT2D eigenvalue weighted by Gasteiger charge is 2.24. The molecule has 0 heterocycles. The molecule has 3 rings (SSSR count). The highest BCUT2D eigenvalue weighted by molar-refractivity contribution is 7.91. The lowest BCUT2D eigenvalue weighted by Crippen LogP contribution is -2.23. The lowest BCUT2D eigenvalue weighted by molar-refractivity contribution is -0.114. The van der Waals surface area contributed by atoms with E-state index in [4.69, 9.17) is 4.74 Å². The first-order valence-corrected chi connectivity index (χ1v) is 11.7. The van der Waals surface area contributed by atoms with Crippen LogP contribution in [0.4, 0.5) is 11.4 Å². The number of aryl methyl sites for hydroxylation is 1. The number of benzene rings is 3. The van der Waals surface area contributed by atoms with Gasteiger partial charge >= 0.3 is 5.97 Å². The summed E-state index contributed by atoms with van der Waals surface area (Å²) >= 11 is 0. The molecule has 0 radical (unpaired) electrons. The van der Waals surface area contributed by atoms with Gasteiger partial charge in [-0.05, 0) is 50.2 Å². The first-order chi connectivity index (χ1) is 15.7. The largest absolute Gasteiger partial charge is 0.490 e. The first kappa shape index (κ1) is 23.8. The van der Waals surface area contributed by atoms with Crippen LogP contribution in [-0.2, 0) is 14.6 Å². The second-order valence-electron chi connectivity index (χ2n) is 7.13. The topological polar surface area (TPSA) is 122 Å². The van der Waals surface area contributed by atoms with Crippen molar-refractivity contribution in [1.29, 1.82) is 0 Å². The fraction of sp³-hybridized carbons (Fsp3) is 0.167. The van der Waals surface area contributed by atoms with Gasteiger partial charge in [0.25, 0.3) is 0 Å². The Bertz CT molecular complexity index is 1270. The number of amides is 1. The Morgan fingerprint density at radius 1 is 0.939 bits per heavy atom. The molecule has 0 saturated carbocycles. The SMILES string of the molecule is CCOc1c(NCC(=O)Nc2ccccc2C(=O)O)cccc1S(=O)(=O)c1ccc(C)cc1. The van der Waals surface area contributed by atoms with Crippen molar-refractivity contribution in [3.8, 4) is 5.75 Å². The van der Waals surface area contributed by atoms with Crippen molar-refractivity contribution in [3.05, 3.63) is 77.9 Å². The van der Waals surface area contributed by atoms with Crippen LogP contribution in [0.1, 0.15) is 22.8 Å². The maximum absolute atomic E-state index is 13.2. The van der Waals surface area contributed by atoms with E-state index in [9.17, 15) is 23.1 Å².